The van der Waals surface area contributed by atoms with E-state index in [1.807, 2.05) is 30.3 Å². The summed E-state index contributed by atoms with van der Waals surface area (Å²) in [6.45, 7) is 0. The highest BCUT2D eigenvalue weighted by molar-refractivity contribution is 5.54. The maximum Gasteiger partial charge on any atom is 0.173 e. The van der Waals surface area contributed by atoms with E-state index in [9.17, 15) is 0 Å². The number of fused-ring (bicyclic) bond motifs is 1. The Hall–Kier alpha value is -2.67. The molecule has 2 aromatic heterocycles. The maximum atomic E-state index is 9.00. The zero-order valence-electron chi connectivity index (χ0n) is 9.61. The Morgan fingerprint density at radius 1 is 1.11 bits per heavy atom. The number of nitrogens with zero attached hydrogens (tertiary/aromatic N) is 4. The number of hydrogen-bond acceptors (Lipinski definition) is 3. The molecule has 0 unspecified atom stereocenters. The van der Waals surface area contributed by atoms with Crippen molar-refractivity contribution in [2.75, 3.05) is 0 Å². The largest absolute Gasteiger partial charge is 0.219 e. The molecule has 0 saturated heterocycles. The van der Waals surface area contributed by atoms with Crippen molar-refractivity contribution in [3.05, 3.63) is 65.6 Å². The molecule has 2 heterocycles. The molecule has 4 heteroatoms. The molecule has 0 spiro atoms. The minimum absolute atomic E-state index is 0.546. The van der Waals surface area contributed by atoms with Gasteiger partial charge in [0.2, 0.25) is 0 Å². The van der Waals surface area contributed by atoms with Crippen LogP contribution in [-0.2, 0) is 6.42 Å². The molecule has 0 aliphatic carbocycles. The van der Waals surface area contributed by atoms with Gasteiger partial charge in [0.25, 0.3) is 0 Å². The monoisotopic (exact) mass is 234 g/mol. The van der Waals surface area contributed by atoms with Crippen molar-refractivity contribution in [2.24, 2.45) is 0 Å². The van der Waals surface area contributed by atoms with Crippen LogP contribution in [0.4, 0.5) is 0 Å². The van der Waals surface area contributed by atoms with Crippen molar-refractivity contribution < 1.29 is 0 Å². The fourth-order valence-corrected chi connectivity index (χ4v) is 1.89. The molecule has 4 nitrogen and oxygen atoms in total. The first-order valence-corrected chi connectivity index (χ1v) is 5.65. The van der Waals surface area contributed by atoms with E-state index in [0.717, 1.165) is 11.4 Å². The maximum absolute atomic E-state index is 9.00. The normalized spacial score (nSPS) is 10.4. The summed E-state index contributed by atoms with van der Waals surface area (Å²) in [6.07, 6.45) is 2.48. The average Bonchev–Trinajstić information content (AvgIpc) is 2.82. The fraction of sp³-hybridized carbons (Fsp3) is 0.0714. The molecular formula is C14H10N4. The Morgan fingerprint density at radius 3 is 2.72 bits per heavy atom. The smallest absolute Gasteiger partial charge is 0.173 e. The van der Waals surface area contributed by atoms with Gasteiger partial charge in [-0.3, -0.25) is 0 Å². The molecule has 3 rings (SSSR count). The van der Waals surface area contributed by atoms with Gasteiger partial charge < -0.3 is 0 Å². The van der Waals surface area contributed by atoms with E-state index in [2.05, 4.69) is 16.2 Å². The molecule has 86 valence electrons. The summed E-state index contributed by atoms with van der Waals surface area (Å²) in [6, 6.07) is 15.7. The summed E-state index contributed by atoms with van der Waals surface area (Å²) in [5.74, 6) is 0.726. The van der Waals surface area contributed by atoms with Crippen molar-refractivity contribution in [1.29, 1.82) is 5.26 Å². The second-order valence-electron chi connectivity index (χ2n) is 3.99. The lowest BCUT2D eigenvalue weighted by atomic mass is 10.1. The Morgan fingerprint density at radius 2 is 1.94 bits per heavy atom. The Labute approximate surface area is 104 Å². The van der Waals surface area contributed by atoms with Gasteiger partial charge in [0.1, 0.15) is 6.07 Å². The second kappa shape index (κ2) is 4.30. The van der Waals surface area contributed by atoms with Gasteiger partial charge in [-0.15, -0.1) is 0 Å². The topological polar surface area (TPSA) is 54.0 Å². The van der Waals surface area contributed by atoms with Crippen LogP contribution in [0.5, 0.6) is 0 Å². The minimum Gasteiger partial charge on any atom is -0.219 e. The van der Waals surface area contributed by atoms with Crippen LogP contribution in [0.1, 0.15) is 17.0 Å². The van der Waals surface area contributed by atoms with Gasteiger partial charge in [0.15, 0.2) is 11.5 Å². The van der Waals surface area contributed by atoms with Crippen LogP contribution in [0.25, 0.3) is 5.65 Å². The number of hydrogen-bond donors (Lipinski definition) is 0. The molecule has 0 radical (unpaired) electrons. The highest BCUT2D eigenvalue weighted by Crippen LogP contribution is 2.10. The minimum atomic E-state index is 0.546. The van der Waals surface area contributed by atoms with Gasteiger partial charge >= 0.3 is 0 Å². The molecule has 0 aliphatic heterocycles. The van der Waals surface area contributed by atoms with Crippen molar-refractivity contribution in [3.63, 3.8) is 0 Å². The lowest BCUT2D eigenvalue weighted by molar-refractivity contribution is 0.899. The van der Waals surface area contributed by atoms with Crippen LogP contribution < -0.4 is 0 Å². The SMILES string of the molecule is N#Cc1cccn2nc(Cc3ccccc3)nc12. The van der Waals surface area contributed by atoms with Gasteiger partial charge in [0.05, 0.1) is 5.56 Å². The van der Waals surface area contributed by atoms with Gasteiger partial charge in [-0.05, 0) is 17.7 Å². The average molecular weight is 234 g/mol. The number of aromatic nitrogens is 3. The second-order valence-corrected chi connectivity index (χ2v) is 3.99. The lowest BCUT2D eigenvalue weighted by Crippen LogP contribution is -1.91. The first-order valence-electron chi connectivity index (χ1n) is 5.65. The number of benzene rings is 1. The number of rotatable bonds is 2. The molecule has 0 saturated carbocycles. The standard InChI is InChI=1S/C14H10N4/c15-10-12-7-4-8-18-14(12)16-13(17-18)9-11-5-2-1-3-6-11/h1-8H,9H2. The van der Waals surface area contributed by atoms with E-state index < -0.39 is 0 Å². The van der Waals surface area contributed by atoms with E-state index >= 15 is 0 Å². The summed E-state index contributed by atoms with van der Waals surface area (Å²) < 4.78 is 1.65. The van der Waals surface area contributed by atoms with Gasteiger partial charge in [-0.2, -0.15) is 10.4 Å². The first kappa shape index (κ1) is 10.5. The molecule has 18 heavy (non-hydrogen) atoms. The van der Waals surface area contributed by atoms with Crippen LogP contribution in [0.15, 0.2) is 48.7 Å². The van der Waals surface area contributed by atoms with Gasteiger partial charge in [-0.25, -0.2) is 9.50 Å². The predicted molar refractivity (Wildman–Crippen MR) is 67.0 cm³/mol. The summed E-state index contributed by atoms with van der Waals surface area (Å²) in [7, 11) is 0. The van der Waals surface area contributed by atoms with E-state index in [-0.39, 0.29) is 0 Å². The van der Waals surface area contributed by atoms with Crippen molar-refractivity contribution >= 4 is 5.65 Å². The fourth-order valence-electron chi connectivity index (χ4n) is 1.89. The molecule has 3 aromatic rings. The summed E-state index contributed by atoms with van der Waals surface area (Å²) in [4.78, 5) is 4.41. The molecule has 0 fully saturated rings. The summed E-state index contributed by atoms with van der Waals surface area (Å²) in [5, 5.41) is 13.4. The molecule has 0 aliphatic rings. The predicted octanol–water partition coefficient (Wildman–Crippen LogP) is 2.19. The molecular weight excluding hydrogens is 224 g/mol. The van der Waals surface area contributed by atoms with Crippen molar-refractivity contribution in [3.8, 4) is 6.07 Å². The van der Waals surface area contributed by atoms with Crippen molar-refractivity contribution in [1.82, 2.24) is 14.6 Å². The molecule has 0 amide bonds. The number of pyridine rings is 1. The van der Waals surface area contributed by atoms with Crippen LogP contribution >= 0.6 is 0 Å². The highest BCUT2D eigenvalue weighted by Gasteiger charge is 2.07. The third-order valence-corrected chi connectivity index (χ3v) is 2.73. The molecule has 0 N–H and O–H groups in total. The van der Waals surface area contributed by atoms with E-state index in [4.69, 9.17) is 5.26 Å². The van der Waals surface area contributed by atoms with E-state index in [0.29, 0.717) is 17.6 Å². The van der Waals surface area contributed by atoms with Crippen molar-refractivity contribution in [2.45, 2.75) is 6.42 Å². The summed E-state index contributed by atoms with van der Waals surface area (Å²) >= 11 is 0. The zero-order valence-corrected chi connectivity index (χ0v) is 9.61. The van der Waals surface area contributed by atoms with Gasteiger partial charge in [-0.1, -0.05) is 30.3 Å². The first-order chi connectivity index (χ1) is 8.86. The lowest BCUT2D eigenvalue weighted by Gasteiger charge is -1.94. The molecule has 1 aromatic carbocycles. The van der Waals surface area contributed by atoms with E-state index in [1.165, 1.54) is 0 Å². The van der Waals surface area contributed by atoms with Crippen LogP contribution in [0.2, 0.25) is 0 Å². The van der Waals surface area contributed by atoms with Gasteiger partial charge in [0, 0.05) is 12.6 Å². The summed E-state index contributed by atoms with van der Waals surface area (Å²) in [5.41, 5.74) is 2.32. The van der Waals surface area contributed by atoms with Crippen LogP contribution in [0, 0.1) is 11.3 Å². The highest BCUT2D eigenvalue weighted by atomic mass is 15.3. The molecule has 0 atom stereocenters. The van der Waals surface area contributed by atoms with Crippen LogP contribution in [0.3, 0.4) is 0 Å². The Kier molecular flexibility index (Phi) is 2.50. The Bertz CT molecular complexity index is 722. The van der Waals surface area contributed by atoms with E-state index in [1.54, 1.807) is 22.8 Å². The van der Waals surface area contributed by atoms with Crippen LogP contribution in [-0.4, -0.2) is 14.6 Å². The third kappa shape index (κ3) is 1.82. The number of nitriles is 1. The zero-order chi connectivity index (χ0) is 12.4. The third-order valence-electron chi connectivity index (χ3n) is 2.73. The Balaban J connectivity index is 2.02. The molecule has 0 bridgehead atoms. The quantitative estimate of drug-likeness (QED) is 0.683.